The molecule has 0 aliphatic carbocycles. The molecule has 5 nitrogen and oxygen atoms in total. The summed E-state index contributed by atoms with van der Waals surface area (Å²) in [6.45, 7) is 6.61. The lowest BCUT2D eigenvalue weighted by Gasteiger charge is -2.27. The Balaban J connectivity index is 2.39. The third-order valence-electron chi connectivity index (χ3n) is 3.59. The number of benzene rings is 1. The van der Waals surface area contributed by atoms with E-state index >= 15 is 0 Å². The van der Waals surface area contributed by atoms with E-state index in [0.29, 0.717) is 17.9 Å². The van der Waals surface area contributed by atoms with Gasteiger partial charge in [-0.2, -0.15) is 0 Å². The maximum Gasteiger partial charge on any atom is 0.261 e. The average molecular weight is 332 g/mol. The minimum Gasteiger partial charge on any atom is -0.492 e. The molecule has 1 atom stereocenters. The van der Waals surface area contributed by atoms with Crippen molar-refractivity contribution in [3.8, 4) is 5.75 Å². The van der Waals surface area contributed by atoms with Crippen molar-refractivity contribution < 1.29 is 17.9 Å². The van der Waals surface area contributed by atoms with Gasteiger partial charge in [-0.3, -0.25) is 4.79 Å². The summed E-state index contributed by atoms with van der Waals surface area (Å²) >= 11 is 0. The number of fused-ring (bicyclic) bond motifs is 1. The molecule has 7 heteroatoms. The van der Waals surface area contributed by atoms with Crippen molar-refractivity contribution in [3.63, 3.8) is 0 Å². The number of halogens is 1. The van der Waals surface area contributed by atoms with Crippen LogP contribution in [0.1, 0.15) is 32.3 Å². The highest BCUT2D eigenvalue weighted by Crippen LogP contribution is 2.37. The molecule has 1 unspecified atom stereocenters. The van der Waals surface area contributed by atoms with Gasteiger partial charge in [0.05, 0.1) is 4.90 Å². The van der Waals surface area contributed by atoms with Gasteiger partial charge in [0, 0.05) is 28.8 Å². The Kier molecular flexibility index (Phi) is 4.49. The first-order chi connectivity index (χ1) is 9.75. The van der Waals surface area contributed by atoms with Crippen molar-refractivity contribution in [3.05, 3.63) is 23.8 Å². The van der Waals surface area contributed by atoms with Crippen LogP contribution in [0, 0.1) is 0 Å². The van der Waals surface area contributed by atoms with Crippen molar-refractivity contribution in [1.29, 1.82) is 0 Å². The quantitative estimate of drug-likeness (QED) is 0.794. The first kappa shape index (κ1) is 16.1. The molecular weight excluding hydrogens is 314 g/mol. The first-order valence-electron chi connectivity index (χ1n) is 6.77. The second kappa shape index (κ2) is 5.85. The summed E-state index contributed by atoms with van der Waals surface area (Å²) in [5, 5.41) is 0. The highest BCUT2D eigenvalue weighted by molar-refractivity contribution is 8.13. The highest BCUT2D eigenvalue weighted by atomic mass is 35.7. The second-order valence-corrected chi connectivity index (χ2v) is 7.79. The van der Waals surface area contributed by atoms with E-state index < -0.39 is 15.0 Å². The van der Waals surface area contributed by atoms with Crippen LogP contribution in [-0.2, 0) is 13.8 Å². The van der Waals surface area contributed by atoms with Crippen LogP contribution in [0.15, 0.2) is 23.1 Å². The van der Waals surface area contributed by atoms with Crippen molar-refractivity contribution in [2.24, 2.45) is 0 Å². The Morgan fingerprint density at radius 1 is 1.48 bits per heavy atom. The van der Waals surface area contributed by atoms with E-state index in [-0.39, 0.29) is 23.5 Å². The van der Waals surface area contributed by atoms with Crippen LogP contribution < -0.4 is 4.74 Å². The fourth-order valence-electron chi connectivity index (χ4n) is 2.52. The lowest BCUT2D eigenvalue weighted by Crippen LogP contribution is -2.40. The molecule has 116 valence electrons. The fraction of sp³-hybridized carbons (Fsp3) is 0.500. The third-order valence-corrected chi connectivity index (χ3v) is 4.94. The lowest BCUT2D eigenvalue weighted by molar-refractivity contribution is -0.134. The van der Waals surface area contributed by atoms with Gasteiger partial charge >= 0.3 is 0 Å². The summed E-state index contributed by atoms with van der Waals surface area (Å²) in [6.07, 6.45) is 0. The number of hydrogen-bond donors (Lipinski definition) is 0. The molecule has 0 N–H and O–H groups in total. The molecule has 1 amide bonds. The smallest absolute Gasteiger partial charge is 0.261 e. The first-order valence-corrected chi connectivity index (χ1v) is 9.08. The molecule has 1 aromatic carbocycles. The third kappa shape index (κ3) is 3.16. The van der Waals surface area contributed by atoms with Gasteiger partial charge in [-0.15, -0.1) is 0 Å². The molecule has 1 aromatic rings. The Labute approximate surface area is 129 Å². The van der Waals surface area contributed by atoms with Crippen LogP contribution in [0.5, 0.6) is 5.75 Å². The fourth-order valence-corrected chi connectivity index (χ4v) is 3.31. The summed E-state index contributed by atoms with van der Waals surface area (Å²) in [5.41, 5.74) is 0.584. The van der Waals surface area contributed by atoms with E-state index in [1.165, 1.54) is 12.1 Å². The minimum atomic E-state index is -3.82. The maximum absolute atomic E-state index is 12.6. The number of likely N-dealkylation sites (N-methyl/N-ethyl adjacent to an activating group) is 1. The molecule has 0 fully saturated rings. The Morgan fingerprint density at radius 3 is 2.67 bits per heavy atom. The molecule has 21 heavy (non-hydrogen) atoms. The van der Waals surface area contributed by atoms with E-state index in [1.807, 2.05) is 20.8 Å². The van der Waals surface area contributed by atoms with Gasteiger partial charge in [0.1, 0.15) is 18.3 Å². The highest BCUT2D eigenvalue weighted by Gasteiger charge is 2.34. The zero-order valence-corrected chi connectivity index (χ0v) is 13.7. The minimum absolute atomic E-state index is 0.0150. The van der Waals surface area contributed by atoms with Gasteiger partial charge in [0.25, 0.3) is 9.05 Å². The van der Waals surface area contributed by atoms with Gasteiger partial charge in [-0.05, 0) is 39.0 Å². The summed E-state index contributed by atoms with van der Waals surface area (Å²) in [4.78, 5) is 14.3. The van der Waals surface area contributed by atoms with Crippen LogP contribution >= 0.6 is 10.7 Å². The van der Waals surface area contributed by atoms with Crippen LogP contribution in [0.2, 0.25) is 0 Å². The zero-order valence-electron chi connectivity index (χ0n) is 12.2. The van der Waals surface area contributed by atoms with Crippen LogP contribution in [0.3, 0.4) is 0 Å². The Bertz CT molecular complexity index is 657. The number of nitrogens with zero attached hydrogens (tertiary/aromatic N) is 1. The predicted octanol–water partition coefficient (Wildman–Crippen LogP) is 2.35. The normalized spacial score (nSPS) is 17.5. The van der Waals surface area contributed by atoms with Crippen molar-refractivity contribution in [2.75, 3.05) is 13.2 Å². The van der Waals surface area contributed by atoms with Crippen molar-refractivity contribution in [2.45, 2.75) is 37.6 Å². The summed E-state index contributed by atoms with van der Waals surface area (Å²) < 4.78 is 28.4. The molecule has 0 spiro atoms. The summed E-state index contributed by atoms with van der Waals surface area (Å²) in [7, 11) is 1.54. The number of hydrogen-bond acceptors (Lipinski definition) is 4. The number of amides is 1. The van der Waals surface area contributed by atoms with E-state index in [2.05, 4.69) is 0 Å². The number of carbonyl (C=O) groups is 1. The van der Waals surface area contributed by atoms with E-state index in [0.717, 1.165) is 0 Å². The predicted molar refractivity (Wildman–Crippen MR) is 80.2 cm³/mol. The largest absolute Gasteiger partial charge is 0.492 e. The number of rotatable bonds is 4. The van der Waals surface area contributed by atoms with Crippen molar-refractivity contribution >= 4 is 25.6 Å². The molecule has 1 heterocycles. The maximum atomic E-state index is 12.6. The molecule has 0 radical (unpaired) electrons. The topological polar surface area (TPSA) is 63.7 Å². The average Bonchev–Trinajstić information content (AvgIpc) is 2.80. The summed E-state index contributed by atoms with van der Waals surface area (Å²) in [5.74, 6) is -0.00619. The molecule has 1 aliphatic rings. The van der Waals surface area contributed by atoms with Gasteiger partial charge in [-0.1, -0.05) is 0 Å². The lowest BCUT2D eigenvalue weighted by atomic mass is 9.99. The standard InChI is InChI=1S/C14H18ClNO4S/c1-4-16(9(2)3)14(17)12-8-20-13-6-5-10(7-11(12)13)21(15,18)19/h5-7,9,12H,4,8H2,1-3H3. The molecule has 0 bridgehead atoms. The van der Waals surface area contributed by atoms with Gasteiger partial charge in [0.2, 0.25) is 5.91 Å². The van der Waals surface area contributed by atoms with Gasteiger partial charge < -0.3 is 9.64 Å². The molecule has 0 saturated carbocycles. The molecule has 1 aliphatic heterocycles. The molecule has 0 saturated heterocycles. The van der Waals surface area contributed by atoms with E-state index in [1.54, 1.807) is 11.0 Å². The summed E-state index contributed by atoms with van der Waals surface area (Å²) in [6, 6.07) is 4.44. The van der Waals surface area contributed by atoms with E-state index in [4.69, 9.17) is 15.4 Å². The van der Waals surface area contributed by atoms with Crippen molar-refractivity contribution in [1.82, 2.24) is 4.90 Å². The number of carbonyl (C=O) groups excluding carboxylic acids is 1. The van der Waals surface area contributed by atoms with Crippen LogP contribution in [-0.4, -0.2) is 38.4 Å². The Morgan fingerprint density at radius 2 is 2.14 bits per heavy atom. The second-order valence-electron chi connectivity index (χ2n) is 5.22. The molecule has 2 rings (SSSR count). The molecular formula is C14H18ClNO4S. The van der Waals surface area contributed by atoms with Gasteiger partial charge in [0.15, 0.2) is 0 Å². The van der Waals surface area contributed by atoms with Crippen LogP contribution in [0.4, 0.5) is 0 Å². The Hall–Kier alpha value is -1.27. The number of ether oxygens (including phenoxy) is 1. The SMILES string of the molecule is CCN(C(=O)C1COc2ccc(S(=O)(=O)Cl)cc21)C(C)C. The zero-order chi connectivity index (χ0) is 15.8. The van der Waals surface area contributed by atoms with Crippen LogP contribution in [0.25, 0.3) is 0 Å². The monoisotopic (exact) mass is 331 g/mol. The van der Waals surface area contributed by atoms with Gasteiger partial charge in [-0.25, -0.2) is 8.42 Å². The van der Waals surface area contributed by atoms with E-state index in [9.17, 15) is 13.2 Å². The molecule has 0 aromatic heterocycles.